The fraction of sp³-hybridized carbons (Fsp3) is 0.647. The predicted octanol–water partition coefficient (Wildman–Crippen LogP) is 3.97. The van der Waals surface area contributed by atoms with Gasteiger partial charge in [-0.1, -0.05) is 68.3 Å². The summed E-state index contributed by atoms with van der Waals surface area (Å²) in [5.41, 5.74) is 2.49. The highest BCUT2D eigenvalue weighted by Gasteiger charge is 2.20. The third kappa shape index (κ3) is 5.52. The average molecular weight is 341 g/mol. The molecule has 0 heterocycles. The molecule has 0 aliphatic rings. The lowest BCUT2D eigenvalue weighted by atomic mass is 10.1. The molecule has 0 saturated carbocycles. The van der Waals surface area contributed by atoms with Crippen molar-refractivity contribution in [1.29, 1.82) is 0 Å². The van der Waals surface area contributed by atoms with Crippen LogP contribution in [0.4, 0.5) is 0 Å². The van der Waals surface area contributed by atoms with Crippen LogP contribution in [0.1, 0.15) is 62.1 Å². The number of aryl methyl sites for hydroxylation is 2. The Hall–Kier alpha value is -0.653. The summed E-state index contributed by atoms with van der Waals surface area (Å²) in [6.07, 6.45) is 7.63. The molecular weight excluding hydrogens is 312 g/mol. The van der Waals surface area contributed by atoms with Gasteiger partial charge in [-0.25, -0.2) is 0 Å². The molecule has 0 aliphatic carbocycles. The van der Waals surface area contributed by atoms with Gasteiger partial charge in [0.15, 0.2) is 0 Å². The molecule has 3 nitrogen and oxygen atoms in total. The summed E-state index contributed by atoms with van der Waals surface area (Å²) in [7, 11) is -3.53. The van der Waals surface area contributed by atoms with Crippen LogP contribution in [0.25, 0.3) is 0 Å². The van der Waals surface area contributed by atoms with Gasteiger partial charge in [-0.2, -0.15) is 8.42 Å². The Balaban J connectivity index is 2.72. The molecule has 0 amide bonds. The summed E-state index contributed by atoms with van der Waals surface area (Å²) < 4.78 is 32.6. The second-order valence-corrected chi connectivity index (χ2v) is 8.72. The maximum atomic E-state index is 11.6. The SMILES string of the molecule is CCCCCCCC[Si]c1c(C)cc(C)c(S(=O)(=O)O)c1C. The van der Waals surface area contributed by atoms with E-state index in [-0.39, 0.29) is 4.90 Å². The number of unbranched alkanes of at least 4 members (excludes halogenated alkanes) is 5. The van der Waals surface area contributed by atoms with Crippen LogP contribution >= 0.6 is 0 Å². The van der Waals surface area contributed by atoms with Gasteiger partial charge in [0.05, 0.1) is 14.4 Å². The highest BCUT2D eigenvalue weighted by atomic mass is 32.2. The van der Waals surface area contributed by atoms with Crippen LogP contribution in [-0.4, -0.2) is 22.5 Å². The number of hydrogen-bond acceptors (Lipinski definition) is 2. The largest absolute Gasteiger partial charge is 0.295 e. The second kappa shape index (κ2) is 8.84. The fourth-order valence-corrected chi connectivity index (χ4v) is 5.42. The van der Waals surface area contributed by atoms with E-state index in [1.807, 2.05) is 19.9 Å². The van der Waals surface area contributed by atoms with E-state index in [0.29, 0.717) is 15.1 Å². The first-order valence-electron chi connectivity index (χ1n) is 8.11. The van der Waals surface area contributed by atoms with Crippen LogP contribution in [0, 0.1) is 20.8 Å². The molecule has 0 aliphatic heterocycles. The Bertz CT molecular complexity index is 594. The standard InChI is InChI=1S/C17H28O3SSi/c1-5-6-7-8-9-10-11-22-17-14(3)12-13(2)16(15(17)4)21(18,19)20/h12H,5-11H2,1-4H3,(H,18,19,20). The van der Waals surface area contributed by atoms with E-state index >= 15 is 0 Å². The van der Waals surface area contributed by atoms with Crippen molar-refractivity contribution in [2.75, 3.05) is 0 Å². The number of benzene rings is 1. The lowest BCUT2D eigenvalue weighted by Gasteiger charge is -2.15. The van der Waals surface area contributed by atoms with Gasteiger partial charge in [-0.05, 0) is 31.9 Å². The van der Waals surface area contributed by atoms with Crippen molar-refractivity contribution < 1.29 is 13.0 Å². The molecule has 0 spiro atoms. The predicted molar refractivity (Wildman–Crippen MR) is 94.0 cm³/mol. The van der Waals surface area contributed by atoms with Gasteiger partial charge in [0.25, 0.3) is 10.1 Å². The molecule has 0 atom stereocenters. The van der Waals surface area contributed by atoms with Crippen molar-refractivity contribution in [1.82, 2.24) is 0 Å². The molecule has 22 heavy (non-hydrogen) atoms. The zero-order valence-electron chi connectivity index (χ0n) is 14.2. The summed E-state index contributed by atoms with van der Waals surface area (Å²) in [5, 5.41) is 1.10. The van der Waals surface area contributed by atoms with Crippen LogP contribution < -0.4 is 5.19 Å². The van der Waals surface area contributed by atoms with Crippen molar-refractivity contribution in [3.05, 3.63) is 22.8 Å². The third-order valence-electron chi connectivity index (χ3n) is 3.99. The molecule has 0 fully saturated rings. The molecule has 0 saturated heterocycles. The minimum absolute atomic E-state index is 0.101. The monoisotopic (exact) mass is 340 g/mol. The summed E-state index contributed by atoms with van der Waals surface area (Å²) in [6.45, 7) is 7.80. The molecule has 0 unspecified atom stereocenters. The zero-order chi connectivity index (χ0) is 16.8. The molecule has 1 aromatic rings. The number of hydrogen-bond donors (Lipinski definition) is 1. The van der Waals surface area contributed by atoms with E-state index in [2.05, 4.69) is 6.92 Å². The Morgan fingerprint density at radius 1 is 1.00 bits per heavy atom. The van der Waals surface area contributed by atoms with Gasteiger partial charge in [0, 0.05) is 0 Å². The quantitative estimate of drug-likeness (QED) is 0.420. The minimum atomic E-state index is -4.14. The maximum absolute atomic E-state index is 11.6. The third-order valence-corrected chi connectivity index (χ3v) is 6.86. The summed E-state index contributed by atoms with van der Waals surface area (Å²) in [5.74, 6) is 0. The first kappa shape index (κ1) is 19.4. The van der Waals surface area contributed by atoms with Crippen molar-refractivity contribution in [3.8, 4) is 0 Å². The van der Waals surface area contributed by atoms with Gasteiger partial charge < -0.3 is 0 Å². The molecule has 0 bridgehead atoms. The Morgan fingerprint density at radius 3 is 2.18 bits per heavy atom. The number of rotatable bonds is 9. The molecule has 0 aromatic heterocycles. The van der Waals surface area contributed by atoms with E-state index in [1.165, 1.54) is 38.5 Å². The summed E-state index contributed by atoms with van der Waals surface area (Å²) in [6, 6.07) is 2.97. The first-order valence-corrected chi connectivity index (χ1v) is 10.8. The van der Waals surface area contributed by atoms with Gasteiger partial charge in [0.1, 0.15) is 0 Å². The van der Waals surface area contributed by atoms with Gasteiger partial charge in [0.2, 0.25) is 0 Å². The lowest BCUT2D eigenvalue weighted by molar-refractivity contribution is 0.482. The van der Waals surface area contributed by atoms with Crippen LogP contribution in [0.3, 0.4) is 0 Å². The molecular formula is C17H28O3SSi. The second-order valence-electron chi connectivity index (χ2n) is 6.01. The average Bonchev–Trinajstić information content (AvgIpc) is 2.38. The topological polar surface area (TPSA) is 54.4 Å². The highest BCUT2D eigenvalue weighted by molar-refractivity contribution is 7.86. The molecule has 2 radical (unpaired) electrons. The first-order chi connectivity index (χ1) is 10.3. The Labute approximate surface area is 138 Å². The summed E-state index contributed by atoms with van der Waals surface area (Å²) >= 11 is 0. The molecule has 124 valence electrons. The van der Waals surface area contributed by atoms with Crippen LogP contribution in [-0.2, 0) is 10.1 Å². The zero-order valence-corrected chi connectivity index (χ0v) is 16.0. The fourth-order valence-electron chi connectivity index (χ4n) is 2.96. The van der Waals surface area contributed by atoms with E-state index < -0.39 is 10.1 Å². The van der Waals surface area contributed by atoms with Crippen LogP contribution in [0.2, 0.25) is 6.04 Å². The Morgan fingerprint density at radius 2 is 1.59 bits per heavy atom. The van der Waals surface area contributed by atoms with Crippen molar-refractivity contribution >= 4 is 24.8 Å². The van der Waals surface area contributed by atoms with Gasteiger partial charge >= 0.3 is 0 Å². The van der Waals surface area contributed by atoms with E-state index in [4.69, 9.17) is 0 Å². The van der Waals surface area contributed by atoms with Crippen molar-refractivity contribution in [3.63, 3.8) is 0 Å². The molecule has 1 N–H and O–H groups in total. The normalized spacial score (nSPS) is 11.9. The highest BCUT2D eigenvalue weighted by Crippen LogP contribution is 2.20. The van der Waals surface area contributed by atoms with Gasteiger partial charge in [-0.3, -0.25) is 4.55 Å². The molecule has 1 rings (SSSR count). The molecule has 5 heteroatoms. The summed E-state index contributed by atoms with van der Waals surface area (Å²) in [4.78, 5) is 0.101. The Kier molecular flexibility index (Phi) is 7.80. The van der Waals surface area contributed by atoms with E-state index in [0.717, 1.165) is 22.4 Å². The van der Waals surface area contributed by atoms with Crippen LogP contribution in [0.15, 0.2) is 11.0 Å². The van der Waals surface area contributed by atoms with Crippen molar-refractivity contribution in [2.45, 2.75) is 77.2 Å². The van der Waals surface area contributed by atoms with Crippen molar-refractivity contribution in [2.24, 2.45) is 0 Å². The van der Waals surface area contributed by atoms with E-state index in [9.17, 15) is 13.0 Å². The minimum Gasteiger partial charge on any atom is -0.282 e. The smallest absolute Gasteiger partial charge is 0.282 e. The lowest BCUT2D eigenvalue weighted by Crippen LogP contribution is -2.24. The van der Waals surface area contributed by atoms with E-state index in [1.54, 1.807) is 6.92 Å². The van der Waals surface area contributed by atoms with Crippen LogP contribution in [0.5, 0.6) is 0 Å². The van der Waals surface area contributed by atoms with Gasteiger partial charge in [-0.15, -0.1) is 0 Å². The molecule has 1 aromatic carbocycles. The maximum Gasteiger partial charge on any atom is 0.295 e.